The lowest BCUT2D eigenvalue weighted by atomic mass is 9.93. The van der Waals surface area contributed by atoms with Crippen LogP contribution in [-0.2, 0) is 0 Å². The molecule has 0 spiro atoms. The van der Waals surface area contributed by atoms with Gasteiger partial charge in [0, 0.05) is 11.6 Å². The van der Waals surface area contributed by atoms with Crippen molar-refractivity contribution in [1.82, 2.24) is 0 Å². The molecule has 0 aliphatic heterocycles. The predicted octanol–water partition coefficient (Wildman–Crippen LogP) is 2.44. The van der Waals surface area contributed by atoms with Gasteiger partial charge in [-0.3, -0.25) is 0 Å². The second kappa shape index (κ2) is 4.28. The summed E-state index contributed by atoms with van der Waals surface area (Å²) in [6, 6.07) is 7.20. The second-order valence-corrected chi connectivity index (χ2v) is 3.47. The molecule has 0 bridgehead atoms. The van der Waals surface area contributed by atoms with Crippen LogP contribution < -0.4 is 5.73 Å². The quantitative estimate of drug-likeness (QED) is 0.748. The zero-order valence-electron chi connectivity index (χ0n) is 8.20. The molecule has 0 radical (unpaired) electrons. The highest BCUT2D eigenvalue weighted by atomic mass is 16.3. The number of hydrogen-bond acceptors (Lipinski definition) is 2. The van der Waals surface area contributed by atoms with Crippen molar-refractivity contribution in [2.75, 3.05) is 0 Å². The SMILES string of the molecule is CCC(C)[C@@H](N)c1ccccc1O. The van der Waals surface area contributed by atoms with Gasteiger partial charge in [-0.2, -0.15) is 0 Å². The molecule has 1 rings (SSSR count). The first-order chi connectivity index (χ1) is 6.16. The molecule has 0 aromatic heterocycles. The first-order valence-electron chi connectivity index (χ1n) is 4.70. The fourth-order valence-corrected chi connectivity index (χ4v) is 1.33. The van der Waals surface area contributed by atoms with Gasteiger partial charge in [-0.1, -0.05) is 38.5 Å². The molecule has 0 fully saturated rings. The molecule has 0 saturated carbocycles. The average molecular weight is 179 g/mol. The minimum atomic E-state index is -0.0637. The summed E-state index contributed by atoms with van der Waals surface area (Å²) in [7, 11) is 0. The van der Waals surface area contributed by atoms with Gasteiger partial charge < -0.3 is 10.8 Å². The van der Waals surface area contributed by atoms with Gasteiger partial charge >= 0.3 is 0 Å². The number of hydrogen-bond donors (Lipinski definition) is 2. The van der Waals surface area contributed by atoms with Crippen molar-refractivity contribution in [3.05, 3.63) is 29.8 Å². The van der Waals surface area contributed by atoms with Gasteiger partial charge in [0.25, 0.3) is 0 Å². The van der Waals surface area contributed by atoms with Crippen LogP contribution >= 0.6 is 0 Å². The minimum absolute atomic E-state index is 0.0637. The lowest BCUT2D eigenvalue weighted by molar-refractivity contribution is 0.419. The Hall–Kier alpha value is -1.02. The van der Waals surface area contributed by atoms with Crippen LogP contribution in [0.25, 0.3) is 0 Å². The number of para-hydroxylation sites is 1. The van der Waals surface area contributed by atoms with Crippen molar-refractivity contribution in [3.63, 3.8) is 0 Å². The molecule has 1 aromatic rings. The standard InChI is InChI=1S/C11H17NO/c1-3-8(2)11(12)9-6-4-5-7-10(9)13/h4-8,11,13H,3,12H2,1-2H3/t8?,11-/m1/s1. The van der Waals surface area contributed by atoms with E-state index in [1.165, 1.54) is 0 Å². The molecule has 0 aliphatic rings. The van der Waals surface area contributed by atoms with E-state index in [0.717, 1.165) is 12.0 Å². The number of rotatable bonds is 3. The van der Waals surface area contributed by atoms with E-state index in [4.69, 9.17) is 5.73 Å². The van der Waals surface area contributed by atoms with Gasteiger partial charge in [0.05, 0.1) is 0 Å². The third-order valence-corrected chi connectivity index (χ3v) is 2.55. The Kier molecular flexibility index (Phi) is 3.32. The van der Waals surface area contributed by atoms with E-state index >= 15 is 0 Å². The Bertz CT molecular complexity index is 273. The zero-order valence-corrected chi connectivity index (χ0v) is 8.20. The summed E-state index contributed by atoms with van der Waals surface area (Å²) in [5.74, 6) is 0.698. The van der Waals surface area contributed by atoms with Crippen LogP contribution in [-0.4, -0.2) is 5.11 Å². The molecule has 2 heteroatoms. The number of benzene rings is 1. The molecule has 0 amide bonds. The molecule has 1 aromatic carbocycles. The lowest BCUT2D eigenvalue weighted by Gasteiger charge is -2.19. The highest BCUT2D eigenvalue weighted by Crippen LogP contribution is 2.28. The highest BCUT2D eigenvalue weighted by Gasteiger charge is 2.15. The van der Waals surface area contributed by atoms with Crippen LogP contribution in [0.1, 0.15) is 31.9 Å². The Morgan fingerprint density at radius 3 is 2.54 bits per heavy atom. The van der Waals surface area contributed by atoms with Gasteiger partial charge in [0.15, 0.2) is 0 Å². The summed E-state index contributed by atoms with van der Waals surface area (Å²) in [5.41, 5.74) is 6.83. The topological polar surface area (TPSA) is 46.2 Å². The van der Waals surface area contributed by atoms with E-state index in [-0.39, 0.29) is 6.04 Å². The van der Waals surface area contributed by atoms with Gasteiger partial charge in [-0.05, 0) is 12.0 Å². The van der Waals surface area contributed by atoms with Crippen molar-refractivity contribution in [3.8, 4) is 5.75 Å². The molecule has 3 N–H and O–H groups in total. The summed E-state index contributed by atoms with van der Waals surface area (Å²) in [4.78, 5) is 0. The summed E-state index contributed by atoms with van der Waals surface area (Å²) in [5, 5.41) is 9.55. The molecule has 0 heterocycles. The lowest BCUT2D eigenvalue weighted by Crippen LogP contribution is -2.18. The third kappa shape index (κ3) is 2.22. The van der Waals surface area contributed by atoms with Crippen LogP contribution in [0.2, 0.25) is 0 Å². The molecule has 13 heavy (non-hydrogen) atoms. The average Bonchev–Trinajstić information content (AvgIpc) is 2.16. The number of phenolic OH excluding ortho intramolecular Hbond substituents is 1. The molecule has 2 nitrogen and oxygen atoms in total. The van der Waals surface area contributed by atoms with Crippen molar-refractivity contribution < 1.29 is 5.11 Å². The van der Waals surface area contributed by atoms with Crippen molar-refractivity contribution >= 4 is 0 Å². The normalized spacial score (nSPS) is 15.3. The van der Waals surface area contributed by atoms with Gasteiger partial charge in [-0.15, -0.1) is 0 Å². The summed E-state index contributed by atoms with van der Waals surface area (Å²) in [6.45, 7) is 4.20. The summed E-state index contributed by atoms with van der Waals surface area (Å²) < 4.78 is 0. The largest absolute Gasteiger partial charge is 0.508 e. The van der Waals surface area contributed by atoms with Gasteiger partial charge in [0.2, 0.25) is 0 Å². The Morgan fingerprint density at radius 2 is 2.00 bits per heavy atom. The monoisotopic (exact) mass is 179 g/mol. The fourth-order valence-electron chi connectivity index (χ4n) is 1.33. The Balaban J connectivity index is 2.88. The Labute approximate surface area is 79.4 Å². The van der Waals surface area contributed by atoms with E-state index < -0.39 is 0 Å². The molecular weight excluding hydrogens is 162 g/mol. The van der Waals surface area contributed by atoms with Crippen molar-refractivity contribution in [2.24, 2.45) is 11.7 Å². The van der Waals surface area contributed by atoms with Gasteiger partial charge in [-0.25, -0.2) is 0 Å². The van der Waals surface area contributed by atoms with E-state index in [1.54, 1.807) is 6.07 Å². The molecule has 0 aliphatic carbocycles. The van der Waals surface area contributed by atoms with Crippen LogP contribution in [0.4, 0.5) is 0 Å². The van der Waals surface area contributed by atoms with Crippen LogP contribution in [0.15, 0.2) is 24.3 Å². The first-order valence-corrected chi connectivity index (χ1v) is 4.70. The second-order valence-electron chi connectivity index (χ2n) is 3.47. The third-order valence-electron chi connectivity index (χ3n) is 2.55. The maximum Gasteiger partial charge on any atom is 0.120 e. The van der Waals surface area contributed by atoms with Crippen molar-refractivity contribution in [1.29, 1.82) is 0 Å². The number of aromatic hydroxyl groups is 1. The Morgan fingerprint density at radius 1 is 1.38 bits per heavy atom. The predicted molar refractivity (Wildman–Crippen MR) is 54.5 cm³/mol. The minimum Gasteiger partial charge on any atom is -0.508 e. The van der Waals surface area contributed by atoms with Gasteiger partial charge in [0.1, 0.15) is 5.75 Å². The molecular formula is C11H17NO. The fraction of sp³-hybridized carbons (Fsp3) is 0.455. The first kappa shape index (κ1) is 10.1. The van der Waals surface area contributed by atoms with E-state index in [2.05, 4.69) is 13.8 Å². The molecule has 72 valence electrons. The summed E-state index contributed by atoms with van der Waals surface area (Å²) >= 11 is 0. The molecule has 2 atom stereocenters. The molecule has 0 saturated heterocycles. The smallest absolute Gasteiger partial charge is 0.120 e. The van der Waals surface area contributed by atoms with Crippen LogP contribution in [0.3, 0.4) is 0 Å². The zero-order chi connectivity index (χ0) is 9.84. The van der Waals surface area contributed by atoms with Crippen molar-refractivity contribution in [2.45, 2.75) is 26.3 Å². The van der Waals surface area contributed by atoms with E-state index in [9.17, 15) is 5.11 Å². The molecule has 1 unspecified atom stereocenters. The van der Waals surface area contributed by atoms with E-state index in [1.807, 2.05) is 18.2 Å². The number of phenols is 1. The van der Waals surface area contributed by atoms with E-state index in [0.29, 0.717) is 11.7 Å². The summed E-state index contributed by atoms with van der Waals surface area (Å²) in [6.07, 6.45) is 1.02. The number of nitrogens with two attached hydrogens (primary N) is 1. The maximum absolute atomic E-state index is 9.55. The van der Waals surface area contributed by atoms with Crippen LogP contribution in [0, 0.1) is 5.92 Å². The highest BCUT2D eigenvalue weighted by molar-refractivity contribution is 5.34. The van der Waals surface area contributed by atoms with Crippen LogP contribution in [0.5, 0.6) is 5.75 Å². The maximum atomic E-state index is 9.55.